The van der Waals surface area contributed by atoms with Gasteiger partial charge in [0.1, 0.15) is 11.3 Å². The standard InChI is InChI=1S/C25H24N4O/c30-25(18-29-13-8-22(25)9-14-29)10-7-20-17-28-23(24-26-11-4-12-27-24)16-21(20)15-19-5-2-1-3-6-19/h1-6,11-12,16-17,22,30H,8-9,13-15,18H2. The van der Waals surface area contributed by atoms with Crippen LogP contribution in [0, 0.1) is 17.8 Å². The lowest BCUT2D eigenvalue weighted by Gasteiger charge is -2.47. The maximum Gasteiger partial charge on any atom is 0.178 e. The van der Waals surface area contributed by atoms with E-state index in [1.807, 2.05) is 24.3 Å². The van der Waals surface area contributed by atoms with Gasteiger partial charge < -0.3 is 5.11 Å². The monoisotopic (exact) mass is 396 g/mol. The molecule has 3 aromatic rings. The molecule has 1 aromatic carbocycles. The van der Waals surface area contributed by atoms with Crippen molar-refractivity contribution in [3.05, 3.63) is 77.7 Å². The maximum atomic E-state index is 11.2. The van der Waals surface area contributed by atoms with Crippen molar-refractivity contribution < 1.29 is 5.11 Å². The van der Waals surface area contributed by atoms with Crippen molar-refractivity contribution in [3.8, 4) is 23.4 Å². The van der Waals surface area contributed by atoms with Gasteiger partial charge in [0.15, 0.2) is 5.82 Å². The number of benzene rings is 1. The van der Waals surface area contributed by atoms with Gasteiger partial charge in [-0.05, 0) is 55.6 Å². The number of nitrogens with zero attached hydrogens (tertiary/aromatic N) is 4. The molecule has 6 rings (SSSR count). The van der Waals surface area contributed by atoms with Gasteiger partial charge in [0.2, 0.25) is 0 Å². The zero-order valence-corrected chi connectivity index (χ0v) is 16.8. The van der Waals surface area contributed by atoms with E-state index in [9.17, 15) is 5.11 Å². The maximum absolute atomic E-state index is 11.2. The Morgan fingerprint density at radius 1 is 1.03 bits per heavy atom. The van der Waals surface area contributed by atoms with Crippen molar-refractivity contribution >= 4 is 0 Å². The molecule has 0 aliphatic carbocycles. The summed E-state index contributed by atoms with van der Waals surface area (Å²) in [4.78, 5) is 15.5. The molecule has 0 spiro atoms. The Kier molecular flexibility index (Phi) is 5.04. The molecule has 0 radical (unpaired) electrons. The van der Waals surface area contributed by atoms with E-state index in [1.165, 1.54) is 5.56 Å². The Morgan fingerprint density at radius 3 is 2.50 bits per heavy atom. The summed E-state index contributed by atoms with van der Waals surface area (Å²) in [7, 11) is 0. The quantitative estimate of drug-likeness (QED) is 0.690. The van der Waals surface area contributed by atoms with Gasteiger partial charge in [-0.15, -0.1) is 0 Å². The van der Waals surface area contributed by atoms with Gasteiger partial charge in [-0.2, -0.15) is 0 Å². The second kappa shape index (κ2) is 7.98. The second-order valence-corrected chi connectivity index (χ2v) is 8.19. The van der Waals surface area contributed by atoms with E-state index in [2.05, 4.69) is 43.8 Å². The van der Waals surface area contributed by atoms with Crippen molar-refractivity contribution in [1.82, 2.24) is 19.9 Å². The molecule has 1 unspecified atom stereocenters. The summed E-state index contributed by atoms with van der Waals surface area (Å²) >= 11 is 0. The first-order valence-corrected chi connectivity index (χ1v) is 10.5. The SMILES string of the molecule is OC1(C#Cc2cnc(-c3ncccn3)cc2Cc2ccccc2)CN2CCC1CC2. The third kappa shape index (κ3) is 3.85. The summed E-state index contributed by atoms with van der Waals surface area (Å²) in [6.07, 6.45) is 8.01. The number of aliphatic hydroxyl groups is 1. The third-order valence-electron chi connectivity index (χ3n) is 6.16. The van der Waals surface area contributed by atoms with Gasteiger partial charge in [-0.25, -0.2) is 9.97 Å². The molecule has 0 saturated carbocycles. The number of aromatic nitrogens is 3. The molecule has 30 heavy (non-hydrogen) atoms. The zero-order valence-electron chi connectivity index (χ0n) is 16.8. The van der Waals surface area contributed by atoms with Crippen LogP contribution in [0.2, 0.25) is 0 Å². The molecule has 5 nitrogen and oxygen atoms in total. The minimum absolute atomic E-state index is 0.262. The average Bonchev–Trinajstić information content (AvgIpc) is 2.80. The molecule has 2 bridgehead atoms. The summed E-state index contributed by atoms with van der Waals surface area (Å²) in [5.74, 6) is 7.36. The molecule has 3 fully saturated rings. The summed E-state index contributed by atoms with van der Waals surface area (Å²) in [5, 5.41) is 11.2. The lowest BCUT2D eigenvalue weighted by atomic mass is 9.75. The molecule has 5 heteroatoms. The van der Waals surface area contributed by atoms with Crippen LogP contribution < -0.4 is 0 Å². The van der Waals surface area contributed by atoms with E-state index < -0.39 is 5.60 Å². The molecule has 1 N–H and O–H groups in total. The van der Waals surface area contributed by atoms with Gasteiger partial charge in [0.05, 0.1) is 0 Å². The first-order chi connectivity index (χ1) is 14.7. The Balaban J connectivity index is 1.51. The number of hydrogen-bond acceptors (Lipinski definition) is 5. The van der Waals surface area contributed by atoms with Crippen molar-refractivity contribution in [2.24, 2.45) is 5.92 Å². The van der Waals surface area contributed by atoms with Crippen LogP contribution in [0.25, 0.3) is 11.5 Å². The molecule has 3 aliphatic rings. The van der Waals surface area contributed by atoms with Crippen molar-refractivity contribution in [3.63, 3.8) is 0 Å². The van der Waals surface area contributed by atoms with Gasteiger partial charge in [-0.3, -0.25) is 9.88 Å². The highest BCUT2D eigenvalue weighted by atomic mass is 16.3. The zero-order chi connectivity index (χ0) is 20.4. The summed E-state index contributed by atoms with van der Waals surface area (Å²) in [5.41, 5.74) is 2.92. The Labute approximate surface area is 176 Å². The third-order valence-corrected chi connectivity index (χ3v) is 6.16. The fourth-order valence-electron chi connectivity index (χ4n) is 4.48. The largest absolute Gasteiger partial charge is 0.376 e. The molecule has 5 heterocycles. The minimum atomic E-state index is -0.929. The number of hydrogen-bond donors (Lipinski definition) is 1. The lowest BCUT2D eigenvalue weighted by molar-refractivity contribution is -0.0713. The van der Waals surface area contributed by atoms with Crippen LogP contribution in [0.1, 0.15) is 29.5 Å². The Hall–Kier alpha value is -3.07. The summed E-state index contributed by atoms with van der Waals surface area (Å²) in [6.45, 7) is 2.78. The van der Waals surface area contributed by atoms with Crippen molar-refractivity contribution in [2.45, 2.75) is 24.9 Å². The molecular formula is C25H24N4O. The van der Waals surface area contributed by atoms with E-state index in [0.717, 1.165) is 49.2 Å². The van der Waals surface area contributed by atoms with Gasteiger partial charge >= 0.3 is 0 Å². The molecule has 0 amide bonds. The highest BCUT2D eigenvalue weighted by molar-refractivity contribution is 5.55. The fourth-order valence-corrected chi connectivity index (χ4v) is 4.48. The van der Waals surface area contributed by atoms with E-state index in [1.54, 1.807) is 24.7 Å². The Morgan fingerprint density at radius 2 is 1.80 bits per heavy atom. The average molecular weight is 396 g/mol. The second-order valence-electron chi connectivity index (χ2n) is 8.19. The van der Waals surface area contributed by atoms with Gasteiger partial charge in [-0.1, -0.05) is 42.2 Å². The van der Waals surface area contributed by atoms with Crippen LogP contribution in [0.3, 0.4) is 0 Å². The first-order valence-electron chi connectivity index (χ1n) is 10.5. The molecule has 1 atom stereocenters. The lowest BCUT2D eigenvalue weighted by Crippen LogP contribution is -2.58. The van der Waals surface area contributed by atoms with Crippen LogP contribution in [-0.4, -0.2) is 50.2 Å². The number of pyridine rings is 1. The van der Waals surface area contributed by atoms with E-state index in [-0.39, 0.29) is 5.92 Å². The van der Waals surface area contributed by atoms with E-state index in [0.29, 0.717) is 12.4 Å². The van der Waals surface area contributed by atoms with Crippen molar-refractivity contribution in [2.75, 3.05) is 19.6 Å². The first kappa shape index (κ1) is 18.9. The smallest absolute Gasteiger partial charge is 0.178 e. The van der Waals surface area contributed by atoms with Gasteiger partial charge in [0.25, 0.3) is 0 Å². The highest BCUT2D eigenvalue weighted by Gasteiger charge is 2.44. The normalized spacial score (nSPS) is 24.8. The fraction of sp³-hybridized carbons (Fsp3) is 0.320. The predicted molar refractivity (Wildman–Crippen MR) is 116 cm³/mol. The van der Waals surface area contributed by atoms with Gasteiger partial charge in [0, 0.05) is 36.6 Å². The van der Waals surface area contributed by atoms with Crippen LogP contribution in [-0.2, 0) is 6.42 Å². The molecular weight excluding hydrogens is 372 g/mol. The number of rotatable bonds is 3. The van der Waals surface area contributed by atoms with E-state index in [4.69, 9.17) is 0 Å². The van der Waals surface area contributed by atoms with Crippen LogP contribution in [0.4, 0.5) is 0 Å². The predicted octanol–water partition coefficient (Wildman–Crippen LogP) is 2.94. The molecule has 3 aliphatic heterocycles. The molecule has 3 saturated heterocycles. The van der Waals surface area contributed by atoms with Crippen LogP contribution in [0.5, 0.6) is 0 Å². The summed E-state index contributed by atoms with van der Waals surface area (Å²) in [6, 6.07) is 14.1. The van der Waals surface area contributed by atoms with E-state index >= 15 is 0 Å². The molecule has 150 valence electrons. The Bertz CT molecular complexity index is 1080. The van der Waals surface area contributed by atoms with Crippen molar-refractivity contribution in [1.29, 1.82) is 0 Å². The topological polar surface area (TPSA) is 62.1 Å². The van der Waals surface area contributed by atoms with Crippen LogP contribution >= 0.6 is 0 Å². The van der Waals surface area contributed by atoms with Crippen LogP contribution in [0.15, 0.2) is 61.1 Å². The summed E-state index contributed by atoms with van der Waals surface area (Å²) < 4.78 is 0. The number of fused-ring (bicyclic) bond motifs is 3. The highest BCUT2D eigenvalue weighted by Crippen LogP contribution is 2.35. The number of piperidine rings is 3. The molecule has 2 aromatic heterocycles. The minimum Gasteiger partial charge on any atom is -0.376 e.